The van der Waals surface area contributed by atoms with Gasteiger partial charge < -0.3 is 9.47 Å². The van der Waals surface area contributed by atoms with E-state index in [-0.39, 0.29) is 41.9 Å². The van der Waals surface area contributed by atoms with Crippen LogP contribution in [-0.4, -0.2) is 54.8 Å². The molecule has 1 fully saturated rings. The first-order valence-electron chi connectivity index (χ1n) is 9.84. The molecule has 12 heteroatoms. The van der Waals surface area contributed by atoms with Crippen molar-refractivity contribution in [3.05, 3.63) is 35.1 Å². The molecule has 1 aliphatic rings. The number of alkyl halides is 3. The third-order valence-electron chi connectivity index (χ3n) is 4.86. The van der Waals surface area contributed by atoms with Crippen molar-refractivity contribution in [3.8, 4) is 11.7 Å². The topological polar surface area (TPSA) is 66.2 Å². The minimum atomic E-state index is -4.35. The van der Waals surface area contributed by atoms with E-state index in [2.05, 4.69) is 10.1 Å². The van der Waals surface area contributed by atoms with Gasteiger partial charge in [0.1, 0.15) is 10.8 Å². The molecule has 32 heavy (non-hydrogen) atoms. The Morgan fingerprint density at radius 3 is 2.41 bits per heavy atom. The van der Waals surface area contributed by atoms with Crippen LogP contribution in [0.4, 0.5) is 13.2 Å². The Kier molecular flexibility index (Phi) is 6.36. The second kappa shape index (κ2) is 8.32. The van der Waals surface area contributed by atoms with Gasteiger partial charge >= 0.3 is 12.1 Å². The lowest BCUT2D eigenvalue weighted by Crippen LogP contribution is -2.33. The smallest absolute Gasteiger partial charge is 0.394 e. The molecule has 0 aromatic carbocycles. The van der Waals surface area contributed by atoms with Gasteiger partial charge in [0, 0.05) is 12.3 Å². The first kappa shape index (κ1) is 24.5. The predicted molar refractivity (Wildman–Crippen MR) is 114 cm³/mol. The van der Waals surface area contributed by atoms with E-state index in [9.17, 15) is 18.0 Å². The molecule has 0 N–H and O–H groups in total. The van der Waals surface area contributed by atoms with E-state index >= 15 is 0 Å². The Balaban J connectivity index is 1.64. The van der Waals surface area contributed by atoms with E-state index in [0.717, 1.165) is 0 Å². The molecule has 0 atom stereocenters. The Morgan fingerprint density at radius 1 is 1.22 bits per heavy atom. The predicted octanol–water partition coefficient (Wildman–Crippen LogP) is 4.44. The highest BCUT2D eigenvalue weighted by Crippen LogP contribution is 2.63. The maximum atomic E-state index is 13.2. The van der Waals surface area contributed by atoms with Gasteiger partial charge in [0.05, 0.1) is 33.3 Å². The quantitative estimate of drug-likeness (QED) is 0.344. The summed E-state index contributed by atoms with van der Waals surface area (Å²) in [6, 6.07) is 4.44. The third-order valence-corrected chi connectivity index (χ3v) is 5.15. The van der Waals surface area contributed by atoms with E-state index in [4.69, 9.17) is 36.8 Å². The lowest BCUT2D eigenvalue weighted by Gasteiger charge is -2.31. The number of halogens is 4. The summed E-state index contributed by atoms with van der Waals surface area (Å²) in [6.07, 6.45) is -3.27. The van der Waals surface area contributed by atoms with Crippen molar-refractivity contribution < 1.29 is 27.4 Å². The molecular weight excluding hydrogens is 444 g/mol. The van der Waals surface area contributed by atoms with E-state index in [1.807, 2.05) is 0 Å². The van der Waals surface area contributed by atoms with Crippen LogP contribution in [-0.2, 0) is 4.74 Å². The average Bonchev–Trinajstić information content (AvgIpc) is 3.25. The van der Waals surface area contributed by atoms with Crippen molar-refractivity contribution in [1.29, 1.82) is 0 Å². The summed E-state index contributed by atoms with van der Waals surface area (Å²) in [5.74, 6) is -0.227. The Labute approximate surface area is 191 Å². The number of esters is 1. The monoisotopic (exact) mass is 465 g/mol. The molecular formula is C20H21B2ClF3N3O3. The number of hydrogen-bond donors (Lipinski definition) is 0. The minimum Gasteiger partial charge on any atom is -0.478 e. The molecule has 0 bridgehead atoms. The van der Waals surface area contributed by atoms with E-state index in [1.54, 1.807) is 20.8 Å². The minimum absolute atomic E-state index is 0.00694. The number of ether oxygens (including phenoxy) is 2. The zero-order valence-corrected chi connectivity index (χ0v) is 18.6. The Morgan fingerprint density at radius 2 is 1.88 bits per heavy atom. The summed E-state index contributed by atoms with van der Waals surface area (Å²) >= 11 is 6.13. The average molecular weight is 465 g/mol. The fourth-order valence-corrected chi connectivity index (χ4v) is 3.38. The van der Waals surface area contributed by atoms with Gasteiger partial charge in [0.15, 0.2) is 5.82 Å². The van der Waals surface area contributed by atoms with Crippen LogP contribution in [0.5, 0.6) is 5.88 Å². The van der Waals surface area contributed by atoms with Gasteiger partial charge in [-0.3, -0.25) is 0 Å². The van der Waals surface area contributed by atoms with Crippen LogP contribution in [0, 0.1) is 5.41 Å². The Hall–Kier alpha value is -2.16. The molecule has 168 valence electrons. The fourth-order valence-electron chi connectivity index (χ4n) is 3.15. The second-order valence-electron chi connectivity index (χ2n) is 9.08. The zero-order valence-electron chi connectivity index (χ0n) is 17.9. The summed E-state index contributed by atoms with van der Waals surface area (Å²) in [6.45, 7) is 4.85. The molecule has 3 rings (SSSR count). The second-order valence-corrected chi connectivity index (χ2v) is 9.44. The third kappa shape index (κ3) is 5.79. The first-order valence-corrected chi connectivity index (χ1v) is 10.2. The van der Waals surface area contributed by atoms with Gasteiger partial charge in [-0.1, -0.05) is 16.8 Å². The molecule has 4 radical (unpaired) electrons. The van der Waals surface area contributed by atoms with E-state index in [0.29, 0.717) is 0 Å². The summed E-state index contributed by atoms with van der Waals surface area (Å²) in [4.78, 5) is 16.3. The van der Waals surface area contributed by atoms with Crippen molar-refractivity contribution in [2.75, 3.05) is 6.61 Å². The molecule has 0 saturated heterocycles. The number of aromatic nitrogens is 3. The van der Waals surface area contributed by atoms with Crippen LogP contribution >= 0.6 is 11.6 Å². The number of rotatable bonds is 7. The molecule has 2 aromatic heterocycles. The molecule has 2 heterocycles. The molecule has 0 amide bonds. The van der Waals surface area contributed by atoms with Crippen molar-refractivity contribution in [2.24, 2.45) is 5.41 Å². The van der Waals surface area contributed by atoms with Crippen LogP contribution in [0.15, 0.2) is 24.4 Å². The van der Waals surface area contributed by atoms with Crippen molar-refractivity contribution >= 4 is 33.3 Å². The van der Waals surface area contributed by atoms with Crippen LogP contribution in [0.1, 0.15) is 50.4 Å². The van der Waals surface area contributed by atoms with Crippen molar-refractivity contribution in [2.45, 2.75) is 57.0 Å². The van der Waals surface area contributed by atoms with Crippen LogP contribution in [0.3, 0.4) is 0 Å². The molecule has 0 unspecified atom stereocenters. The highest BCUT2D eigenvalue weighted by atomic mass is 35.5. The molecule has 0 spiro atoms. The van der Waals surface area contributed by atoms with Gasteiger partial charge in [0.25, 0.3) is 0 Å². The summed E-state index contributed by atoms with van der Waals surface area (Å²) < 4.78 is 51.5. The first-order chi connectivity index (χ1) is 14.6. The van der Waals surface area contributed by atoms with Crippen LogP contribution in [0.2, 0.25) is 10.4 Å². The van der Waals surface area contributed by atoms with Gasteiger partial charge in [-0.15, -0.1) is 5.10 Å². The number of carbonyl (C=O) groups is 1. The lowest BCUT2D eigenvalue weighted by molar-refractivity contribution is -0.190. The largest absolute Gasteiger partial charge is 0.478 e. The van der Waals surface area contributed by atoms with Gasteiger partial charge in [-0.2, -0.15) is 13.2 Å². The fraction of sp³-hybridized carbons (Fsp3) is 0.550. The lowest BCUT2D eigenvalue weighted by atomic mass is 9.51. The molecule has 6 nitrogen and oxygen atoms in total. The molecule has 1 saturated carbocycles. The SMILES string of the molecule is [B]C([B])(COc1ccn(-c2ccc(C(=O)OC(C)(C)C)c(Cl)n2)n1)CC1(C(F)(F)F)CC1. The van der Waals surface area contributed by atoms with E-state index in [1.165, 1.54) is 29.1 Å². The number of nitrogens with zero attached hydrogens (tertiary/aromatic N) is 3. The summed E-state index contributed by atoms with van der Waals surface area (Å²) in [5.41, 5.74) is -2.42. The number of pyridine rings is 1. The Bertz CT molecular complexity index is 1000. The van der Waals surface area contributed by atoms with Crippen LogP contribution in [0.25, 0.3) is 5.82 Å². The summed E-state index contributed by atoms with van der Waals surface area (Å²) in [5, 5.41) is 2.40. The van der Waals surface area contributed by atoms with Gasteiger partial charge in [0.2, 0.25) is 5.88 Å². The maximum Gasteiger partial charge on any atom is 0.394 e. The normalized spacial score (nSPS) is 16.0. The van der Waals surface area contributed by atoms with Crippen molar-refractivity contribution in [3.63, 3.8) is 0 Å². The molecule has 2 aromatic rings. The number of hydrogen-bond acceptors (Lipinski definition) is 5. The zero-order chi connectivity index (χ0) is 23.9. The van der Waals surface area contributed by atoms with Crippen molar-refractivity contribution in [1.82, 2.24) is 14.8 Å². The number of carbonyl (C=O) groups excluding carboxylic acids is 1. The van der Waals surface area contributed by atoms with Gasteiger partial charge in [-0.25, -0.2) is 14.5 Å². The summed E-state index contributed by atoms with van der Waals surface area (Å²) in [7, 11) is 11.7. The van der Waals surface area contributed by atoms with Crippen LogP contribution < -0.4 is 4.74 Å². The highest BCUT2D eigenvalue weighted by Gasteiger charge is 2.63. The van der Waals surface area contributed by atoms with E-state index < -0.39 is 34.8 Å². The maximum absolute atomic E-state index is 13.2. The highest BCUT2D eigenvalue weighted by molar-refractivity contribution is 6.40. The molecule has 0 aliphatic heterocycles. The standard InChI is InChI=1S/C20H21B2ClF3N3O3/c1-17(2,3)32-16(30)12-4-5-13(27-15(12)23)29-9-6-14(28-29)31-11-19(21,22)10-18(7-8-18)20(24,25)26/h4-6,9H,7-8,10-11H2,1-3H3. The van der Waals surface area contributed by atoms with Gasteiger partial charge in [-0.05, 0) is 52.2 Å². The molecule has 1 aliphatic carbocycles.